The van der Waals surface area contributed by atoms with E-state index in [1.54, 1.807) is 0 Å². The maximum Gasteiger partial charge on any atom is 0.0684 e. The molecule has 2 rings (SSSR count). The van der Waals surface area contributed by atoms with Crippen LogP contribution in [0.5, 0.6) is 0 Å². The zero-order valence-corrected chi connectivity index (χ0v) is 14.5. The monoisotopic (exact) mass is 297 g/mol. The molecule has 1 N–H and O–H groups in total. The first-order valence-electron chi connectivity index (χ1n) is 8.82. The zero-order chi connectivity index (χ0) is 15.5. The third-order valence-corrected chi connectivity index (χ3v) is 5.49. The molecule has 2 aliphatic rings. The Balaban J connectivity index is 1.69. The van der Waals surface area contributed by atoms with Crippen molar-refractivity contribution < 1.29 is 5.11 Å². The molecule has 2 fully saturated rings. The molecule has 0 unspecified atom stereocenters. The van der Waals surface area contributed by atoms with Gasteiger partial charge in [0, 0.05) is 57.9 Å². The molecule has 4 heteroatoms. The molecule has 0 atom stereocenters. The Hall–Kier alpha value is -0.160. The van der Waals surface area contributed by atoms with Gasteiger partial charge in [0.1, 0.15) is 0 Å². The maximum absolute atomic E-state index is 10.8. The van der Waals surface area contributed by atoms with Crippen LogP contribution in [0, 0.1) is 0 Å². The minimum atomic E-state index is -0.416. The Labute approximate surface area is 131 Å². The van der Waals surface area contributed by atoms with Crippen LogP contribution in [0.4, 0.5) is 0 Å². The fraction of sp³-hybridized carbons (Fsp3) is 1.00. The molecule has 0 aromatic heterocycles. The van der Waals surface area contributed by atoms with Gasteiger partial charge in [-0.3, -0.25) is 4.90 Å². The first kappa shape index (κ1) is 17.2. The van der Waals surface area contributed by atoms with Gasteiger partial charge in [0.05, 0.1) is 5.60 Å². The lowest BCUT2D eigenvalue weighted by atomic mass is 9.87. The lowest BCUT2D eigenvalue weighted by Crippen LogP contribution is -2.51. The molecule has 124 valence electrons. The summed E-state index contributed by atoms with van der Waals surface area (Å²) in [5.74, 6) is 0. The summed E-state index contributed by atoms with van der Waals surface area (Å²) < 4.78 is 0. The van der Waals surface area contributed by atoms with Gasteiger partial charge < -0.3 is 14.9 Å². The standard InChI is InChI=1S/C17H35N3O/c1-15(2)19-9-6-17(21,7-10-19)5-8-18-11-13-20(14-12-18)16(3)4/h15-16,21H,5-14H2,1-4H3. The molecule has 4 nitrogen and oxygen atoms in total. The second-order valence-electron chi connectivity index (χ2n) is 7.58. The van der Waals surface area contributed by atoms with E-state index in [4.69, 9.17) is 0 Å². The van der Waals surface area contributed by atoms with Crippen molar-refractivity contribution in [2.24, 2.45) is 0 Å². The Morgan fingerprint density at radius 2 is 1.29 bits per heavy atom. The van der Waals surface area contributed by atoms with E-state index in [0.29, 0.717) is 12.1 Å². The number of likely N-dealkylation sites (tertiary alicyclic amines) is 1. The molecule has 0 saturated carbocycles. The molecule has 0 aliphatic carbocycles. The van der Waals surface area contributed by atoms with Crippen LogP contribution in [0.2, 0.25) is 0 Å². The number of aliphatic hydroxyl groups is 1. The number of hydrogen-bond acceptors (Lipinski definition) is 4. The van der Waals surface area contributed by atoms with E-state index in [9.17, 15) is 5.11 Å². The first-order chi connectivity index (χ1) is 9.89. The highest BCUT2D eigenvalue weighted by atomic mass is 16.3. The molecular weight excluding hydrogens is 262 g/mol. The van der Waals surface area contributed by atoms with Gasteiger partial charge in [0.25, 0.3) is 0 Å². The Morgan fingerprint density at radius 1 is 0.810 bits per heavy atom. The van der Waals surface area contributed by atoms with Crippen LogP contribution in [-0.4, -0.2) is 83.3 Å². The highest BCUT2D eigenvalue weighted by molar-refractivity contribution is 4.88. The van der Waals surface area contributed by atoms with Gasteiger partial charge in [-0.05, 0) is 47.0 Å². The maximum atomic E-state index is 10.8. The van der Waals surface area contributed by atoms with E-state index >= 15 is 0 Å². The Kier molecular flexibility index (Phi) is 6.06. The number of piperazine rings is 1. The molecule has 0 aromatic rings. The third-order valence-electron chi connectivity index (χ3n) is 5.49. The van der Waals surface area contributed by atoms with Gasteiger partial charge in [0.2, 0.25) is 0 Å². The van der Waals surface area contributed by atoms with Crippen molar-refractivity contribution in [1.82, 2.24) is 14.7 Å². The van der Waals surface area contributed by atoms with Crippen LogP contribution in [0.25, 0.3) is 0 Å². The van der Waals surface area contributed by atoms with Crippen molar-refractivity contribution >= 4 is 0 Å². The van der Waals surface area contributed by atoms with Gasteiger partial charge in [-0.1, -0.05) is 0 Å². The lowest BCUT2D eigenvalue weighted by molar-refractivity contribution is -0.0416. The molecule has 2 heterocycles. The van der Waals surface area contributed by atoms with E-state index in [1.165, 1.54) is 13.1 Å². The Morgan fingerprint density at radius 3 is 1.76 bits per heavy atom. The minimum absolute atomic E-state index is 0.416. The molecular formula is C17H35N3O. The second kappa shape index (κ2) is 7.40. The average molecular weight is 297 g/mol. The van der Waals surface area contributed by atoms with Gasteiger partial charge in [-0.25, -0.2) is 0 Å². The van der Waals surface area contributed by atoms with Crippen LogP contribution in [0.1, 0.15) is 47.0 Å². The van der Waals surface area contributed by atoms with Crippen molar-refractivity contribution in [2.45, 2.75) is 64.6 Å². The molecule has 0 radical (unpaired) electrons. The van der Waals surface area contributed by atoms with Gasteiger partial charge in [-0.15, -0.1) is 0 Å². The largest absolute Gasteiger partial charge is 0.390 e. The summed E-state index contributed by atoms with van der Waals surface area (Å²) in [5.41, 5.74) is -0.416. The quantitative estimate of drug-likeness (QED) is 0.835. The van der Waals surface area contributed by atoms with Crippen molar-refractivity contribution in [3.8, 4) is 0 Å². The molecule has 2 aliphatic heterocycles. The number of piperidine rings is 1. The number of rotatable bonds is 5. The fourth-order valence-corrected chi connectivity index (χ4v) is 3.58. The number of hydrogen-bond donors (Lipinski definition) is 1. The summed E-state index contributed by atoms with van der Waals surface area (Å²) in [6.07, 6.45) is 2.83. The van der Waals surface area contributed by atoms with Gasteiger partial charge in [0.15, 0.2) is 0 Å². The van der Waals surface area contributed by atoms with Crippen molar-refractivity contribution in [2.75, 3.05) is 45.8 Å². The van der Waals surface area contributed by atoms with Crippen LogP contribution < -0.4 is 0 Å². The average Bonchev–Trinajstić information content (AvgIpc) is 2.46. The number of nitrogens with zero attached hydrogens (tertiary/aromatic N) is 3. The normalized spacial score (nSPS) is 25.9. The van der Waals surface area contributed by atoms with E-state index < -0.39 is 5.60 Å². The summed E-state index contributed by atoms with van der Waals surface area (Å²) in [4.78, 5) is 7.56. The molecule has 0 bridgehead atoms. The molecule has 2 saturated heterocycles. The SMILES string of the molecule is CC(C)N1CCN(CCC2(O)CCN(C(C)C)CC2)CC1. The molecule has 0 amide bonds. The summed E-state index contributed by atoms with van der Waals surface area (Å²) >= 11 is 0. The van der Waals surface area contributed by atoms with E-state index in [-0.39, 0.29) is 0 Å². The molecule has 21 heavy (non-hydrogen) atoms. The summed E-state index contributed by atoms with van der Waals surface area (Å²) in [6.45, 7) is 16.9. The van der Waals surface area contributed by atoms with Crippen LogP contribution >= 0.6 is 0 Å². The van der Waals surface area contributed by atoms with E-state index in [2.05, 4.69) is 42.4 Å². The van der Waals surface area contributed by atoms with Gasteiger partial charge >= 0.3 is 0 Å². The van der Waals surface area contributed by atoms with Crippen molar-refractivity contribution in [1.29, 1.82) is 0 Å². The summed E-state index contributed by atoms with van der Waals surface area (Å²) in [5, 5.41) is 10.8. The van der Waals surface area contributed by atoms with E-state index in [0.717, 1.165) is 52.0 Å². The smallest absolute Gasteiger partial charge is 0.0684 e. The van der Waals surface area contributed by atoms with Crippen LogP contribution in [0.15, 0.2) is 0 Å². The zero-order valence-electron chi connectivity index (χ0n) is 14.5. The Bertz CT molecular complexity index is 303. The highest BCUT2D eigenvalue weighted by Gasteiger charge is 2.33. The topological polar surface area (TPSA) is 30.0 Å². The fourth-order valence-electron chi connectivity index (χ4n) is 3.58. The highest BCUT2D eigenvalue weighted by Crippen LogP contribution is 2.27. The predicted octanol–water partition coefficient (Wildman–Crippen LogP) is 1.64. The van der Waals surface area contributed by atoms with Crippen molar-refractivity contribution in [3.63, 3.8) is 0 Å². The van der Waals surface area contributed by atoms with Crippen LogP contribution in [-0.2, 0) is 0 Å². The summed E-state index contributed by atoms with van der Waals surface area (Å²) in [7, 11) is 0. The van der Waals surface area contributed by atoms with E-state index in [1.807, 2.05) is 0 Å². The van der Waals surface area contributed by atoms with Crippen LogP contribution in [0.3, 0.4) is 0 Å². The first-order valence-corrected chi connectivity index (χ1v) is 8.82. The van der Waals surface area contributed by atoms with Crippen molar-refractivity contribution in [3.05, 3.63) is 0 Å². The molecule has 0 aromatic carbocycles. The minimum Gasteiger partial charge on any atom is -0.390 e. The predicted molar refractivity (Wildman–Crippen MR) is 88.7 cm³/mol. The van der Waals surface area contributed by atoms with Gasteiger partial charge in [-0.2, -0.15) is 0 Å². The third kappa shape index (κ3) is 4.92. The lowest BCUT2D eigenvalue weighted by Gasteiger charge is -2.42. The second-order valence-corrected chi connectivity index (χ2v) is 7.58. The molecule has 0 spiro atoms. The summed E-state index contributed by atoms with van der Waals surface area (Å²) in [6, 6.07) is 1.27.